The van der Waals surface area contributed by atoms with Crippen molar-refractivity contribution >= 4 is 6.09 Å². The van der Waals surface area contributed by atoms with E-state index in [4.69, 9.17) is 0 Å². The van der Waals surface area contributed by atoms with E-state index in [1.807, 2.05) is 0 Å². The summed E-state index contributed by atoms with van der Waals surface area (Å²) in [5.41, 5.74) is 0. The number of nitrogens with zero attached hydrogens (tertiary/aromatic N) is 1. The lowest BCUT2D eigenvalue weighted by Gasteiger charge is -1.91. The Balaban J connectivity index is 3.11. The van der Waals surface area contributed by atoms with Crippen LogP contribution in [-0.2, 0) is 4.84 Å². The Kier molecular flexibility index (Phi) is 3.60. The summed E-state index contributed by atoms with van der Waals surface area (Å²) < 4.78 is 0. The predicted octanol–water partition coefficient (Wildman–Crippen LogP) is -0.213. The van der Waals surface area contributed by atoms with Gasteiger partial charge in [-0.25, -0.2) is 10.1 Å². The second kappa shape index (κ2) is 4.14. The molecule has 0 saturated heterocycles. The Bertz CT molecular complexity index is 92.0. The smallest absolute Gasteiger partial charge is 0.355 e. The van der Waals surface area contributed by atoms with Gasteiger partial charge in [0.1, 0.15) is 0 Å². The van der Waals surface area contributed by atoms with Gasteiger partial charge < -0.3 is 4.84 Å². The maximum atomic E-state index is 10.0. The molecule has 0 aromatic carbocycles. The summed E-state index contributed by atoms with van der Waals surface area (Å²) in [6.07, 6.45) is 0.696. The number of carbonyl (C=O) groups is 1. The van der Waals surface area contributed by atoms with E-state index in [2.05, 4.69) is 22.6 Å². The molecule has 0 aliphatic rings. The minimum Gasteiger partial charge on any atom is -0.355 e. The molecule has 8 heavy (non-hydrogen) atoms. The first-order chi connectivity index (χ1) is 3.81. The standard InChI is InChI=1S/C4H7N2O2/c1-2-3-6-4(7)8-5/h2H,1,3,5H2. The van der Waals surface area contributed by atoms with Crippen LogP contribution < -0.4 is 11.2 Å². The second-order valence-corrected chi connectivity index (χ2v) is 1.01. The molecule has 0 atom stereocenters. The van der Waals surface area contributed by atoms with Crippen molar-refractivity contribution in [2.75, 3.05) is 6.54 Å². The SMILES string of the molecule is C=CC[N]C(=O)ON. The molecule has 0 aliphatic carbocycles. The molecule has 0 aromatic heterocycles. The average molecular weight is 115 g/mol. The molecule has 4 nitrogen and oxygen atoms in total. The van der Waals surface area contributed by atoms with Gasteiger partial charge in [-0.2, -0.15) is 5.90 Å². The number of carbonyl (C=O) groups excluding carboxylic acids is 1. The third-order valence-corrected chi connectivity index (χ3v) is 0.450. The van der Waals surface area contributed by atoms with E-state index in [9.17, 15) is 4.79 Å². The lowest BCUT2D eigenvalue weighted by atomic mass is 10.6. The summed E-state index contributed by atoms with van der Waals surface area (Å²) in [5.74, 6) is 4.44. The normalized spacial score (nSPS) is 7.62. The fourth-order valence-corrected chi connectivity index (χ4v) is 0.176. The minimum absolute atomic E-state index is 0.246. The molecule has 0 aromatic rings. The van der Waals surface area contributed by atoms with Crippen LogP contribution in [0, 0.1) is 0 Å². The molecule has 0 saturated carbocycles. The van der Waals surface area contributed by atoms with Crippen LogP contribution in [0.2, 0.25) is 0 Å². The molecule has 0 heterocycles. The zero-order valence-electron chi connectivity index (χ0n) is 4.33. The summed E-state index contributed by atoms with van der Waals surface area (Å²) >= 11 is 0. The van der Waals surface area contributed by atoms with E-state index >= 15 is 0 Å². The highest BCUT2D eigenvalue weighted by Gasteiger charge is 1.95. The first-order valence-electron chi connectivity index (χ1n) is 2.00. The molecule has 2 N–H and O–H groups in total. The molecule has 0 unspecified atom stereocenters. The molecule has 1 radical (unpaired) electrons. The third kappa shape index (κ3) is 3.17. The number of amides is 1. The molecule has 0 rings (SSSR count). The molecule has 0 fully saturated rings. The van der Waals surface area contributed by atoms with E-state index in [-0.39, 0.29) is 6.54 Å². The molecule has 1 amide bonds. The van der Waals surface area contributed by atoms with E-state index < -0.39 is 6.09 Å². The van der Waals surface area contributed by atoms with Crippen LogP contribution in [-0.4, -0.2) is 12.6 Å². The fraction of sp³-hybridized carbons (Fsp3) is 0.250. The molecule has 0 spiro atoms. The Morgan fingerprint density at radius 3 is 3.00 bits per heavy atom. The van der Waals surface area contributed by atoms with Crippen LogP contribution in [0.4, 0.5) is 4.79 Å². The van der Waals surface area contributed by atoms with E-state index in [0.717, 1.165) is 0 Å². The van der Waals surface area contributed by atoms with Gasteiger partial charge in [0.05, 0.1) is 6.54 Å². The lowest BCUT2D eigenvalue weighted by molar-refractivity contribution is 0.148. The highest BCUT2D eigenvalue weighted by Crippen LogP contribution is 1.69. The highest BCUT2D eigenvalue weighted by atomic mass is 16.7. The molecule has 0 bridgehead atoms. The van der Waals surface area contributed by atoms with Gasteiger partial charge in [-0.05, 0) is 0 Å². The van der Waals surface area contributed by atoms with Crippen LogP contribution >= 0.6 is 0 Å². The van der Waals surface area contributed by atoms with Crippen molar-refractivity contribution < 1.29 is 9.63 Å². The maximum Gasteiger partial charge on any atom is 0.448 e. The first-order valence-corrected chi connectivity index (χ1v) is 2.00. The molecular formula is C4H7N2O2. The number of nitrogens with two attached hydrogens (primary N) is 1. The maximum absolute atomic E-state index is 10.0. The predicted molar refractivity (Wildman–Crippen MR) is 27.9 cm³/mol. The number of hydrogen-bond donors (Lipinski definition) is 1. The Hall–Kier alpha value is -1.03. The Morgan fingerprint density at radius 2 is 2.62 bits per heavy atom. The van der Waals surface area contributed by atoms with Crippen molar-refractivity contribution in [1.29, 1.82) is 0 Å². The zero-order valence-corrected chi connectivity index (χ0v) is 4.33. The quantitative estimate of drug-likeness (QED) is 0.400. The average Bonchev–Trinajstić information content (AvgIpc) is 1.83. The monoisotopic (exact) mass is 115 g/mol. The van der Waals surface area contributed by atoms with Crippen molar-refractivity contribution in [2.45, 2.75) is 0 Å². The zero-order chi connectivity index (χ0) is 6.41. The van der Waals surface area contributed by atoms with Gasteiger partial charge in [-0.1, -0.05) is 6.08 Å². The fourth-order valence-electron chi connectivity index (χ4n) is 0.176. The van der Waals surface area contributed by atoms with E-state index in [0.29, 0.717) is 0 Å². The van der Waals surface area contributed by atoms with Gasteiger partial charge in [-0.3, -0.25) is 0 Å². The van der Waals surface area contributed by atoms with Gasteiger partial charge in [0.15, 0.2) is 0 Å². The lowest BCUT2D eigenvalue weighted by Crippen LogP contribution is -2.19. The van der Waals surface area contributed by atoms with Gasteiger partial charge in [0.25, 0.3) is 0 Å². The third-order valence-electron chi connectivity index (χ3n) is 0.450. The largest absolute Gasteiger partial charge is 0.448 e. The highest BCUT2D eigenvalue weighted by molar-refractivity contribution is 5.66. The summed E-state index contributed by atoms with van der Waals surface area (Å²) in [6.45, 7) is 3.57. The molecule has 45 valence electrons. The second-order valence-electron chi connectivity index (χ2n) is 1.01. The van der Waals surface area contributed by atoms with Crippen LogP contribution in [0.5, 0.6) is 0 Å². The first kappa shape index (κ1) is 6.97. The Labute approximate surface area is 47.3 Å². The van der Waals surface area contributed by atoms with Gasteiger partial charge in [0.2, 0.25) is 0 Å². The van der Waals surface area contributed by atoms with Crippen molar-refractivity contribution in [3.05, 3.63) is 12.7 Å². The molecular weight excluding hydrogens is 108 g/mol. The Morgan fingerprint density at radius 1 is 2.00 bits per heavy atom. The van der Waals surface area contributed by atoms with Crippen molar-refractivity contribution in [3.8, 4) is 0 Å². The van der Waals surface area contributed by atoms with Crippen LogP contribution in [0.25, 0.3) is 0 Å². The molecule has 4 heteroatoms. The van der Waals surface area contributed by atoms with Gasteiger partial charge in [0, 0.05) is 0 Å². The topological polar surface area (TPSA) is 66.4 Å². The summed E-state index contributed by atoms with van der Waals surface area (Å²) in [7, 11) is 0. The minimum atomic E-state index is -0.773. The summed E-state index contributed by atoms with van der Waals surface area (Å²) in [4.78, 5) is 13.7. The van der Waals surface area contributed by atoms with Gasteiger partial charge >= 0.3 is 6.09 Å². The van der Waals surface area contributed by atoms with Crippen molar-refractivity contribution in [3.63, 3.8) is 0 Å². The van der Waals surface area contributed by atoms with Crippen LogP contribution in [0.3, 0.4) is 0 Å². The van der Waals surface area contributed by atoms with Crippen molar-refractivity contribution in [2.24, 2.45) is 5.90 Å². The summed E-state index contributed by atoms with van der Waals surface area (Å²) in [5, 5.41) is 3.26. The number of hydrogen-bond acceptors (Lipinski definition) is 3. The van der Waals surface area contributed by atoms with Gasteiger partial charge in [-0.15, -0.1) is 6.58 Å². The molecule has 0 aliphatic heterocycles. The summed E-state index contributed by atoms with van der Waals surface area (Å²) in [6, 6.07) is 0. The van der Waals surface area contributed by atoms with Crippen LogP contribution in [0.1, 0.15) is 0 Å². The van der Waals surface area contributed by atoms with E-state index in [1.165, 1.54) is 6.08 Å². The van der Waals surface area contributed by atoms with E-state index in [1.54, 1.807) is 0 Å². The van der Waals surface area contributed by atoms with Crippen LogP contribution in [0.15, 0.2) is 12.7 Å². The van der Waals surface area contributed by atoms with Crippen molar-refractivity contribution in [1.82, 2.24) is 5.32 Å². The number of rotatable bonds is 2.